The minimum Gasteiger partial charge on any atom is -0.497 e. The smallest absolute Gasteiger partial charge is 0.277 e. The van der Waals surface area contributed by atoms with Crippen molar-refractivity contribution in [3.63, 3.8) is 0 Å². The number of aromatic nitrogens is 1. The van der Waals surface area contributed by atoms with E-state index in [9.17, 15) is 9.59 Å². The van der Waals surface area contributed by atoms with Crippen molar-refractivity contribution >= 4 is 17.5 Å². The maximum atomic E-state index is 12.7. The highest BCUT2D eigenvalue weighted by atomic mass is 16.5. The predicted molar refractivity (Wildman–Crippen MR) is 107 cm³/mol. The third-order valence-electron chi connectivity index (χ3n) is 5.36. The molecule has 0 radical (unpaired) electrons. The quantitative estimate of drug-likeness (QED) is 0.743. The van der Waals surface area contributed by atoms with E-state index in [0.717, 1.165) is 19.4 Å². The summed E-state index contributed by atoms with van der Waals surface area (Å²) in [7, 11) is 5.30. The van der Waals surface area contributed by atoms with E-state index in [1.54, 1.807) is 26.3 Å². The third-order valence-corrected chi connectivity index (χ3v) is 5.36. The molecule has 0 bridgehead atoms. The molecule has 1 aliphatic heterocycles. The monoisotopic (exact) mass is 385 g/mol. The van der Waals surface area contributed by atoms with Crippen LogP contribution in [0.25, 0.3) is 0 Å². The number of benzene rings is 1. The highest BCUT2D eigenvalue weighted by Crippen LogP contribution is 2.19. The molecule has 1 aliphatic rings. The first-order chi connectivity index (χ1) is 13.5. The van der Waals surface area contributed by atoms with Gasteiger partial charge in [-0.05, 0) is 24.3 Å². The second-order valence-electron chi connectivity index (χ2n) is 7.35. The number of nitrogens with one attached hydrogen (secondary N) is 2. The molecule has 150 valence electrons. The van der Waals surface area contributed by atoms with Crippen molar-refractivity contribution in [3.8, 4) is 5.75 Å². The number of carbonyl (C=O) groups is 2. The first-order valence-electron chi connectivity index (χ1n) is 9.61. The number of ether oxygens (including phenoxy) is 1. The SMILES string of the molecule is COc1cccc(NC(=O)CN(C)C(=O)C[NH+]2CCC[C@H]2c2cccn2C)c1. The summed E-state index contributed by atoms with van der Waals surface area (Å²) >= 11 is 0. The van der Waals surface area contributed by atoms with Crippen molar-refractivity contribution in [1.82, 2.24) is 9.47 Å². The van der Waals surface area contributed by atoms with Gasteiger partial charge in [0.25, 0.3) is 5.91 Å². The molecular formula is C21H29N4O3+. The van der Waals surface area contributed by atoms with E-state index in [1.165, 1.54) is 15.5 Å². The summed E-state index contributed by atoms with van der Waals surface area (Å²) in [5.41, 5.74) is 1.91. The van der Waals surface area contributed by atoms with Crippen LogP contribution in [0.15, 0.2) is 42.6 Å². The fraction of sp³-hybridized carbons (Fsp3) is 0.429. The summed E-state index contributed by atoms with van der Waals surface area (Å²) in [6.45, 7) is 1.41. The van der Waals surface area contributed by atoms with Crippen LogP contribution in [0.3, 0.4) is 0 Å². The Labute approximate surface area is 165 Å². The lowest BCUT2D eigenvalue weighted by Gasteiger charge is -2.24. The Morgan fingerprint density at radius 3 is 2.86 bits per heavy atom. The molecule has 1 aromatic carbocycles. The molecule has 1 fully saturated rings. The van der Waals surface area contributed by atoms with Crippen LogP contribution in [0.4, 0.5) is 5.69 Å². The van der Waals surface area contributed by atoms with Gasteiger partial charge in [0, 0.05) is 44.9 Å². The predicted octanol–water partition coefficient (Wildman–Crippen LogP) is 0.851. The molecule has 1 unspecified atom stereocenters. The molecule has 2 atom stereocenters. The Morgan fingerprint density at radius 2 is 2.14 bits per heavy atom. The lowest BCUT2D eigenvalue weighted by molar-refractivity contribution is -0.911. The minimum absolute atomic E-state index is 0.0168. The van der Waals surface area contributed by atoms with E-state index >= 15 is 0 Å². The zero-order valence-electron chi connectivity index (χ0n) is 16.8. The summed E-state index contributed by atoms with van der Waals surface area (Å²) in [5.74, 6) is 0.433. The lowest BCUT2D eigenvalue weighted by atomic mass is 10.1. The summed E-state index contributed by atoms with van der Waals surface area (Å²) < 4.78 is 7.29. The van der Waals surface area contributed by atoms with Gasteiger partial charge in [-0.1, -0.05) is 6.07 Å². The molecule has 7 heteroatoms. The molecule has 2 amide bonds. The van der Waals surface area contributed by atoms with Crippen LogP contribution in [0.2, 0.25) is 0 Å². The van der Waals surface area contributed by atoms with Gasteiger partial charge in [0.2, 0.25) is 5.91 Å². The standard InChI is InChI=1S/C21H28N4O3/c1-23-11-5-9-18(23)19-10-6-12-25(19)15-21(27)24(2)14-20(26)22-16-7-4-8-17(13-16)28-3/h4-5,7-9,11,13,19H,6,10,12,14-15H2,1-3H3,(H,22,26)/p+1/t19-/m0/s1. The molecule has 2 N–H and O–H groups in total. The van der Waals surface area contributed by atoms with Gasteiger partial charge in [0.15, 0.2) is 6.54 Å². The second kappa shape index (κ2) is 8.93. The number of rotatable bonds is 7. The van der Waals surface area contributed by atoms with Crippen LogP contribution in [0, 0.1) is 0 Å². The Hall–Kier alpha value is -2.80. The highest BCUT2D eigenvalue weighted by molar-refractivity contribution is 5.94. The van der Waals surface area contributed by atoms with E-state index in [2.05, 4.69) is 16.0 Å². The number of hydrogen-bond acceptors (Lipinski definition) is 3. The summed E-state index contributed by atoms with van der Waals surface area (Å²) in [4.78, 5) is 27.8. The van der Waals surface area contributed by atoms with Crippen LogP contribution in [0.1, 0.15) is 24.6 Å². The Kier molecular flexibility index (Phi) is 6.36. The number of likely N-dealkylation sites (tertiary alicyclic amines) is 1. The maximum absolute atomic E-state index is 12.7. The molecule has 0 spiro atoms. The summed E-state index contributed by atoms with van der Waals surface area (Å²) in [6, 6.07) is 11.7. The van der Waals surface area contributed by atoms with Gasteiger partial charge >= 0.3 is 0 Å². The van der Waals surface area contributed by atoms with Crippen LogP contribution >= 0.6 is 0 Å². The van der Waals surface area contributed by atoms with Gasteiger partial charge in [-0.15, -0.1) is 0 Å². The number of likely N-dealkylation sites (N-methyl/N-ethyl adjacent to an activating group) is 1. The molecule has 28 heavy (non-hydrogen) atoms. The Balaban J connectivity index is 1.54. The number of hydrogen-bond donors (Lipinski definition) is 2. The highest BCUT2D eigenvalue weighted by Gasteiger charge is 2.33. The average Bonchev–Trinajstić information content (AvgIpc) is 3.29. The van der Waals surface area contributed by atoms with E-state index < -0.39 is 0 Å². The van der Waals surface area contributed by atoms with Gasteiger partial charge in [-0.3, -0.25) is 9.59 Å². The molecular weight excluding hydrogens is 356 g/mol. The Morgan fingerprint density at radius 1 is 1.32 bits per heavy atom. The first-order valence-corrected chi connectivity index (χ1v) is 9.61. The number of amides is 2. The number of nitrogens with zero attached hydrogens (tertiary/aromatic N) is 2. The maximum Gasteiger partial charge on any atom is 0.277 e. The van der Waals surface area contributed by atoms with Crippen LogP contribution in [-0.4, -0.2) is 55.1 Å². The van der Waals surface area contributed by atoms with Crippen LogP contribution in [-0.2, 0) is 16.6 Å². The number of anilines is 1. The molecule has 0 saturated carbocycles. The number of carbonyl (C=O) groups excluding carboxylic acids is 2. The minimum atomic E-state index is -0.223. The van der Waals surface area contributed by atoms with Crippen molar-refractivity contribution in [1.29, 1.82) is 0 Å². The van der Waals surface area contributed by atoms with Gasteiger partial charge < -0.3 is 24.4 Å². The fourth-order valence-electron chi connectivity index (χ4n) is 3.85. The van der Waals surface area contributed by atoms with Crippen LogP contribution in [0.5, 0.6) is 5.75 Å². The lowest BCUT2D eigenvalue weighted by Crippen LogP contribution is -3.11. The topological polar surface area (TPSA) is 68.0 Å². The molecule has 1 saturated heterocycles. The Bertz CT molecular complexity index is 833. The largest absolute Gasteiger partial charge is 0.497 e. The van der Waals surface area contributed by atoms with Gasteiger partial charge in [0.05, 0.1) is 25.9 Å². The molecule has 2 aromatic rings. The van der Waals surface area contributed by atoms with Crippen molar-refractivity contribution in [2.24, 2.45) is 7.05 Å². The van der Waals surface area contributed by atoms with E-state index in [0.29, 0.717) is 24.0 Å². The molecule has 7 nitrogen and oxygen atoms in total. The van der Waals surface area contributed by atoms with Gasteiger partial charge in [-0.25, -0.2) is 0 Å². The molecule has 2 heterocycles. The number of aryl methyl sites for hydroxylation is 1. The van der Waals surface area contributed by atoms with E-state index in [4.69, 9.17) is 4.74 Å². The van der Waals surface area contributed by atoms with Crippen molar-refractivity contribution in [2.45, 2.75) is 18.9 Å². The van der Waals surface area contributed by atoms with Crippen LogP contribution < -0.4 is 15.0 Å². The zero-order valence-corrected chi connectivity index (χ0v) is 16.8. The van der Waals surface area contributed by atoms with Gasteiger partial charge in [-0.2, -0.15) is 0 Å². The normalized spacial score (nSPS) is 18.7. The zero-order chi connectivity index (χ0) is 20.1. The summed E-state index contributed by atoms with van der Waals surface area (Å²) in [6.07, 6.45) is 4.24. The summed E-state index contributed by atoms with van der Waals surface area (Å²) in [5, 5.41) is 2.81. The van der Waals surface area contributed by atoms with E-state index in [-0.39, 0.29) is 18.4 Å². The second-order valence-corrected chi connectivity index (χ2v) is 7.35. The van der Waals surface area contributed by atoms with Crippen molar-refractivity contribution < 1.29 is 19.2 Å². The molecule has 3 rings (SSSR count). The average molecular weight is 385 g/mol. The number of methoxy groups -OCH3 is 1. The van der Waals surface area contributed by atoms with E-state index in [1.807, 2.05) is 31.4 Å². The molecule has 1 aromatic heterocycles. The van der Waals surface area contributed by atoms with Crippen molar-refractivity contribution in [2.75, 3.05) is 39.1 Å². The molecule has 0 aliphatic carbocycles. The van der Waals surface area contributed by atoms with Crippen molar-refractivity contribution in [3.05, 3.63) is 48.3 Å². The first kappa shape index (κ1) is 19.9. The van der Waals surface area contributed by atoms with Gasteiger partial charge in [0.1, 0.15) is 11.8 Å². The third kappa shape index (κ3) is 4.72. The fourth-order valence-corrected chi connectivity index (χ4v) is 3.85. The number of quaternary nitrogens is 1.